The van der Waals surface area contributed by atoms with E-state index in [0.29, 0.717) is 17.7 Å². The lowest BCUT2D eigenvalue weighted by Gasteiger charge is -2.22. The summed E-state index contributed by atoms with van der Waals surface area (Å²) in [4.78, 5) is 0. The standard InChI is InChI=1S/C20H23FO2/c1-3-19(21)18(14-9-15-7-5-4-6-8-15)20(22)16-10-12-17(23-2)13-11-16/h3-8,10-13,18,20,22H,9,14H2,1-2H3/b19-3-/t18-,20-/m0/s1. The number of allylic oxidation sites excluding steroid dienone is 1. The first-order valence-corrected chi connectivity index (χ1v) is 7.83. The Morgan fingerprint density at radius 1 is 1.13 bits per heavy atom. The summed E-state index contributed by atoms with van der Waals surface area (Å²) in [5, 5.41) is 10.6. The van der Waals surface area contributed by atoms with Crippen LogP contribution < -0.4 is 4.74 Å². The number of ether oxygens (including phenoxy) is 1. The summed E-state index contributed by atoms with van der Waals surface area (Å²) >= 11 is 0. The third-order valence-electron chi connectivity index (χ3n) is 4.06. The van der Waals surface area contributed by atoms with Gasteiger partial charge < -0.3 is 9.84 Å². The normalized spacial score (nSPS) is 14.3. The second kappa shape index (κ2) is 8.49. The maximum atomic E-state index is 14.3. The first-order chi connectivity index (χ1) is 11.2. The summed E-state index contributed by atoms with van der Waals surface area (Å²) in [6.07, 6.45) is 1.83. The summed E-state index contributed by atoms with van der Waals surface area (Å²) in [5.41, 5.74) is 1.84. The van der Waals surface area contributed by atoms with Gasteiger partial charge in [0.2, 0.25) is 0 Å². The highest BCUT2D eigenvalue weighted by Gasteiger charge is 2.24. The van der Waals surface area contributed by atoms with Crippen LogP contribution in [0.5, 0.6) is 5.75 Å². The van der Waals surface area contributed by atoms with E-state index in [-0.39, 0.29) is 5.83 Å². The van der Waals surface area contributed by atoms with E-state index >= 15 is 0 Å². The lowest BCUT2D eigenvalue weighted by molar-refractivity contribution is 0.109. The van der Waals surface area contributed by atoms with Gasteiger partial charge in [-0.25, -0.2) is 4.39 Å². The second-order valence-corrected chi connectivity index (χ2v) is 5.52. The molecular weight excluding hydrogens is 291 g/mol. The topological polar surface area (TPSA) is 29.5 Å². The first-order valence-electron chi connectivity index (χ1n) is 7.83. The van der Waals surface area contributed by atoms with Crippen molar-refractivity contribution in [1.29, 1.82) is 0 Å². The second-order valence-electron chi connectivity index (χ2n) is 5.52. The van der Waals surface area contributed by atoms with Gasteiger partial charge in [0, 0.05) is 5.92 Å². The highest BCUT2D eigenvalue weighted by atomic mass is 19.1. The molecule has 3 heteroatoms. The van der Waals surface area contributed by atoms with E-state index in [0.717, 1.165) is 12.0 Å². The number of benzene rings is 2. The molecule has 2 nitrogen and oxygen atoms in total. The van der Waals surface area contributed by atoms with Crippen LogP contribution in [-0.2, 0) is 6.42 Å². The fraction of sp³-hybridized carbons (Fsp3) is 0.300. The molecule has 0 heterocycles. The van der Waals surface area contributed by atoms with Gasteiger partial charge in [0.25, 0.3) is 0 Å². The van der Waals surface area contributed by atoms with Crippen molar-refractivity contribution >= 4 is 0 Å². The van der Waals surface area contributed by atoms with E-state index in [9.17, 15) is 9.50 Å². The fourth-order valence-electron chi connectivity index (χ4n) is 2.66. The number of aliphatic hydroxyl groups is 1. The largest absolute Gasteiger partial charge is 0.497 e. The van der Waals surface area contributed by atoms with E-state index < -0.39 is 12.0 Å². The Bertz CT molecular complexity index is 620. The number of hydrogen-bond acceptors (Lipinski definition) is 2. The van der Waals surface area contributed by atoms with Crippen molar-refractivity contribution in [3.05, 3.63) is 77.6 Å². The molecule has 0 unspecified atom stereocenters. The van der Waals surface area contributed by atoms with Gasteiger partial charge in [-0.05, 0) is 43.0 Å². The number of aryl methyl sites for hydroxylation is 1. The van der Waals surface area contributed by atoms with Crippen LogP contribution in [0.3, 0.4) is 0 Å². The van der Waals surface area contributed by atoms with Gasteiger partial charge in [0.15, 0.2) is 0 Å². The molecule has 0 amide bonds. The third-order valence-corrected chi connectivity index (χ3v) is 4.06. The van der Waals surface area contributed by atoms with Gasteiger partial charge in [0.1, 0.15) is 11.6 Å². The molecule has 2 rings (SSSR count). The predicted octanol–water partition coefficient (Wildman–Crippen LogP) is 4.85. The molecule has 122 valence electrons. The Balaban J connectivity index is 2.13. The lowest BCUT2D eigenvalue weighted by Crippen LogP contribution is -2.14. The molecule has 0 saturated heterocycles. The Hall–Kier alpha value is -2.13. The number of halogens is 1. The van der Waals surface area contributed by atoms with Gasteiger partial charge >= 0.3 is 0 Å². The fourth-order valence-corrected chi connectivity index (χ4v) is 2.66. The average molecular weight is 314 g/mol. The van der Waals surface area contributed by atoms with Gasteiger partial charge in [-0.15, -0.1) is 0 Å². The quantitative estimate of drug-likeness (QED) is 0.791. The highest BCUT2D eigenvalue weighted by Crippen LogP contribution is 2.33. The third kappa shape index (κ3) is 4.67. The zero-order chi connectivity index (χ0) is 16.7. The van der Waals surface area contributed by atoms with Crippen molar-refractivity contribution in [3.63, 3.8) is 0 Å². The van der Waals surface area contributed by atoms with Crippen molar-refractivity contribution in [3.8, 4) is 5.75 Å². The van der Waals surface area contributed by atoms with Crippen LogP contribution in [0.2, 0.25) is 0 Å². The van der Waals surface area contributed by atoms with Gasteiger partial charge in [-0.3, -0.25) is 0 Å². The Morgan fingerprint density at radius 2 is 1.78 bits per heavy atom. The maximum Gasteiger partial charge on any atom is 0.118 e. The molecule has 0 aliphatic carbocycles. The molecular formula is C20H23FO2. The summed E-state index contributed by atoms with van der Waals surface area (Å²) in [6, 6.07) is 17.0. The van der Waals surface area contributed by atoms with Crippen LogP contribution in [0.25, 0.3) is 0 Å². The molecule has 1 N–H and O–H groups in total. The molecule has 0 aliphatic rings. The Labute approximate surface area is 137 Å². The van der Waals surface area contributed by atoms with E-state index in [1.165, 1.54) is 6.08 Å². The van der Waals surface area contributed by atoms with Crippen LogP contribution in [0.4, 0.5) is 4.39 Å². The van der Waals surface area contributed by atoms with E-state index in [1.54, 1.807) is 38.3 Å². The van der Waals surface area contributed by atoms with Crippen LogP contribution in [0.1, 0.15) is 30.6 Å². The molecule has 0 radical (unpaired) electrons. The van der Waals surface area contributed by atoms with E-state index in [4.69, 9.17) is 4.74 Å². The molecule has 2 aromatic carbocycles. The van der Waals surface area contributed by atoms with Crippen LogP contribution in [0.15, 0.2) is 66.5 Å². The van der Waals surface area contributed by atoms with Crippen molar-refractivity contribution < 1.29 is 14.2 Å². The molecule has 0 bridgehead atoms. The molecule has 0 saturated carbocycles. The zero-order valence-electron chi connectivity index (χ0n) is 13.6. The lowest BCUT2D eigenvalue weighted by atomic mass is 9.89. The van der Waals surface area contributed by atoms with E-state index in [1.807, 2.05) is 30.3 Å². The summed E-state index contributed by atoms with van der Waals surface area (Å²) in [5.74, 6) is -0.105. The van der Waals surface area contributed by atoms with Crippen LogP contribution in [-0.4, -0.2) is 12.2 Å². The molecule has 0 aliphatic heterocycles. The van der Waals surface area contributed by atoms with Gasteiger partial charge in [0.05, 0.1) is 13.2 Å². The number of aliphatic hydroxyl groups excluding tert-OH is 1. The first kappa shape index (κ1) is 17.2. The maximum absolute atomic E-state index is 14.3. The molecule has 0 spiro atoms. The Morgan fingerprint density at radius 3 is 2.35 bits per heavy atom. The minimum Gasteiger partial charge on any atom is -0.497 e. The number of hydrogen-bond donors (Lipinski definition) is 1. The minimum atomic E-state index is -0.874. The molecule has 2 aromatic rings. The average Bonchev–Trinajstić information content (AvgIpc) is 2.62. The summed E-state index contributed by atoms with van der Waals surface area (Å²) < 4.78 is 19.4. The van der Waals surface area contributed by atoms with Crippen molar-refractivity contribution in [2.75, 3.05) is 7.11 Å². The van der Waals surface area contributed by atoms with Gasteiger partial charge in [-0.2, -0.15) is 0 Å². The minimum absolute atomic E-state index is 0.274. The SMILES string of the molecule is C/C=C(\F)[C@H](CCc1ccccc1)[C@@H](O)c1ccc(OC)cc1. The smallest absolute Gasteiger partial charge is 0.118 e. The monoisotopic (exact) mass is 314 g/mol. The van der Waals surface area contributed by atoms with Crippen molar-refractivity contribution in [2.45, 2.75) is 25.9 Å². The van der Waals surface area contributed by atoms with Crippen LogP contribution >= 0.6 is 0 Å². The van der Waals surface area contributed by atoms with Gasteiger partial charge in [-0.1, -0.05) is 48.5 Å². The number of rotatable bonds is 7. The summed E-state index contributed by atoms with van der Waals surface area (Å²) in [6.45, 7) is 1.66. The van der Waals surface area contributed by atoms with Crippen molar-refractivity contribution in [2.24, 2.45) is 5.92 Å². The summed E-state index contributed by atoms with van der Waals surface area (Å²) in [7, 11) is 1.59. The van der Waals surface area contributed by atoms with Crippen LogP contribution in [0, 0.1) is 5.92 Å². The zero-order valence-corrected chi connectivity index (χ0v) is 13.6. The molecule has 0 fully saturated rings. The highest BCUT2D eigenvalue weighted by molar-refractivity contribution is 5.29. The number of methoxy groups -OCH3 is 1. The van der Waals surface area contributed by atoms with E-state index in [2.05, 4.69) is 0 Å². The molecule has 0 aromatic heterocycles. The predicted molar refractivity (Wildman–Crippen MR) is 91.1 cm³/mol. The molecule has 23 heavy (non-hydrogen) atoms. The Kier molecular flexibility index (Phi) is 6.36. The van der Waals surface area contributed by atoms with Crippen molar-refractivity contribution in [1.82, 2.24) is 0 Å². The molecule has 2 atom stereocenters.